The summed E-state index contributed by atoms with van der Waals surface area (Å²) in [5.74, 6) is 1.76. The van der Waals surface area contributed by atoms with Gasteiger partial charge in [-0.05, 0) is 74.0 Å². The molecule has 1 amide bonds. The van der Waals surface area contributed by atoms with Gasteiger partial charge in [0, 0.05) is 37.7 Å². The Balaban J connectivity index is 1.05. The minimum absolute atomic E-state index is 0.0785. The van der Waals surface area contributed by atoms with Gasteiger partial charge in [0.2, 0.25) is 0 Å². The standard InChI is InChI=1S/C26H34FN3O3/c1-17-16-29(2)26(31)23-15-20(5-7-21(17)23)32-13-3-10-30-11-8-18(9-12-30)25-22-6-4-19(27)14-24(22)33-28-25/h4-7,14-15,17-18,22,24-25,28H,3,8-13,16H2,1-2H3. The van der Waals surface area contributed by atoms with Crippen molar-refractivity contribution in [2.45, 2.75) is 44.2 Å². The van der Waals surface area contributed by atoms with Crippen molar-refractivity contribution in [2.24, 2.45) is 11.8 Å². The second-order valence-electron chi connectivity index (χ2n) is 9.93. The van der Waals surface area contributed by atoms with E-state index in [0.29, 0.717) is 18.4 Å². The SMILES string of the molecule is CC1CN(C)C(=O)c2cc(OCCCN3CCC(C4NOC5C=C(F)C=CC54)CC3)ccc21. The van der Waals surface area contributed by atoms with Crippen LogP contribution in [-0.2, 0) is 4.84 Å². The monoisotopic (exact) mass is 455 g/mol. The Morgan fingerprint density at radius 3 is 2.91 bits per heavy atom. The molecule has 0 saturated carbocycles. The number of nitrogens with zero attached hydrogens (tertiary/aromatic N) is 2. The molecule has 7 heteroatoms. The molecule has 3 heterocycles. The van der Waals surface area contributed by atoms with Crippen LogP contribution in [0.15, 0.2) is 42.3 Å². The quantitative estimate of drug-likeness (QED) is 0.664. The predicted octanol–water partition coefficient (Wildman–Crippen LogP) is 3.67. The highest BCUT2D eigenvalue weighted by Gasteiger charge is 2.41. The molecule has 5 rings (SSSR count). The number of likely N-dealkylation sites (N-methyl/N-ethyl adjacent to an activating group) is 1. The molecular weight excluding hydrogens is 421 g/mol. The average molecular weight is 456 g/mol. The number of hydrogen-bond donors (Lipinski definition) is 1. The second-order valence-corrected chi connectivity index (χ2v) is 9.93. The molecular formula is C26H34FN3O3. The highest BCUT2D eigenvalue weighted by Crippen LogP contribution is 2.35. The third-order valence-electron chi connectivity index (χ3n) is 7.64. The van der Waals surface area contributed by atoms with Gasteiger partial charge in [-0.3, -0.25) is 9.63 Å². The van der Waals surface area contributed by atoms with Gasteiger partial charge < -0.3 is 14.5 Å². The highest BCUT2D eigenvalue weighted by atomic mass is 19.1. The van der Waals surface area contributed by atoms with E-state index >= 15 is 0 Å². The van der Waals surface area contributed by atoms with Crippen LogP contribution in [0.1, 0.15) is 48.0 Å². The van der Waals surface area contributed by atoms with Crippen LogP contribution < -0.4 is 10.2 Å². The summed E-state index contributed by atoms with van der Waals surface area (Å²) in [6, 6.07) is 6.20. The van der Waals surface area contributed by atoms with Gasteiger partial charge in [-0.15, -0.1) is 0 Å². The molecule has 0 bridgehead atoms. The molecule has 6 nitrogen and oxygen atoms in total. The molecule has 0 radical (unpaired) electrons. The van der Waals surface area contributed by atoms with Crippen molar-refractivity contribution in [2.75, 3.05) is 39.8 Å². The van der Waals surface area contributed by atoms with Crippen LogP contribution in [0.2, 0.25) is 0 Å². The number of likely N-dealkylation sites (tertiary alicyclic amines) is 1. The third-order valence-corrected chi connectivity index (χ3v) is 7.64. The van der Waals surface area contributed by atoms with Crippen LogP contribution in [0.4, 0.5) is 4.39 Å². The zero-order chi connectivity index (χ0) is 22.9. The Labute approximate surface area is 195 Å². The summed E-state index contributed by atoms with van der Waals surface area (Å²) in [4.78, 5) is 22.4. The van der Waals surface area contributed by atoms with Gasteiger partial charge in [-0.2, -0.15) is 5.48 Å². The Morgan fingerprint density at radius 2 is 2.09 bits per heavy atom. The molecule has 2 fully saturated rings. The summed E-state index contributed by atoms with van der Waals surface area (Å²) in [7, 11) is 1.86. The predicted molar refractivity (Wildman–Crippen MR) is 125 cm³/mol. The van der Waals surface area contributed by atoms with Crippen LogP contribution in [0.25, 0.3) is 0 Å². The summed E-state index contributed by atoms with van der Waals surface area (Å²) in [6.07, 6.45) is 8.10. The fourth-order valence-corrected chi connectivity index (χ4v) is 5.77. The van der Waals surface area contributed by atoms with E-state index in [9.17, 15) is 9.18 Å². The molecule has 1 N–H and O–H groups in total. The molecule has 4 atom stereocenters. The summed E-state index contributed by atoms with van der Waals surface area (Å²) in [5.41, 5.74) is 5.07. The van der Waals surface area contributed by atoms with Gasteiger partial charge in [0.05, 0.1) is 6.61 Å². The summed E-state index contributed by atoms with van der Waals surface area (Å²) in [6.45, 7) is 6.69. The van der Waals surface area contributed by atoms with E-state index in [-0.39, 0.29) is 29.8 Å². The molecule has 1 aromatic carbocycles. The van der Waals surface area contributed by atoms with Gasteiger partial charge >= 0.3 is 0 Å². The minimum Gasteiger partial charge on any atom is -0.494 e. The molecule has 2 saturated heterocycles. The largest absolute Gasteiger partial charge is 0.494 e. The molecule has 178 valence electrons. The Morgan fingerprint density at radius 1 is 1.27 bits per heavy atom. The number of carbonyl (C=O) groups excluding carboxylic acids is 1. The van der Waals surface area contributed by atoms with E-state index in [0.717, 1.165) is 62.3 Å². The fourth-order valence-electron chi connectivity index (χ4n) is 5.77. The number of benzene rings is 1. The molecule has 1 aliphatic carbocycles. The molecule has 33 heavy (non-hydrogen) atoms. The van der Waals surface area contributed by atoms with Crippen LogP contribution in [0.5, 0.6) is 5.75 Å². The van der Waals surface area contributed by atoms with Crippen molar-refractivity contribution >= 4 is 5.91 Å². The Hall–Kier alpha value is -2.22. The maximum atomic E-state index is 13.5. The lowest BCUT2D eigenvalue weighted by Gasteiger charge is -2.36. The maximum Gasteiger partial charge on any atom is 0.254 e. The lowest BCUT2D eigenvalue weighted by Crippen LogP contribution is -2.43. The van der Waals surface area contributed by atoms with Crippen molar-refractivity contribution in [1.29, 1.82) is 0 Å². The average Bonchev–Trinajstić information content (AvgIpc) is 3.23. The van der Waals surface area contributed by atoms with Gasteiger partial charge in [-0.25, -0.2) is 4.39 Å². The third kappa shape index (κ3) is 4.72. The first-order valence-corrected chi connectivity index (χ1v) is 12.2. The smallest absolute Gasteiger partial charge is 0.254 e. The lowest BCUT2D eigenvalue weighted by atomic mass is 9.79. The van der Waals surface area contributed by atoms with Gasteiger partial charge in [0.15, 0.2) is 0 Å². The molecule has 1 aromatic rings. The van der Waals surface area contributed by atoms with Crippen molar-refractivity contribution < 1.29 is 18.8 Å². The topological polar surface area (TPSA) is 54.0 Å². The van der Waals surface area contributed by atoms with Crippen LogP contribution >= 0.6 is 0 Å². The van der Waals surface area contributed by atoms with E-state index < -0.39 is 0 Å². The highest BCUT2D eigenvalue weighted by molar-refractivity contribution is 5.97. The fraction of sp³-hybridized carbons (Fsp3) is 0.577. The van der Waals surface area contributed by atoms with Crippen LogP contribution in [-0.4, -0.2) is 67.7 Å². The number of allylic oxidation sites excluding steroid dienone is 2. The lowest BCUT2D eigenvalue weighted by molar-refractivity contribution is 0.0350. The van der Waals surface area contributed by atoms with Crippen LogP contribution in [0, 0.1) is 11.8 Å². The van der Waals surface area contributed by atoms with E-state index in [1.54, 1.807) is 17.1 Å². The zero-order valence-electron chi connectivity index (χ0n) is 19.5. The van der Waals surface area contributed by atoms with E-state index in [2.05, 4.69) is 17.3 Å². The van der Waals surface area contributed by atoms with E-state index in [1.165, 1.54) is 0 Å². The number of rotatable bonds is 6. The van der Waals surface area contributed by atoms with Crippen molar-refractivity contribution in [3.63, 3.8) is 0 Å². The minimum atomic E-state index is -0.209. The number of fused-ring (bicyclic) bond motifs is 2. The van der Waals surface area contributed by atoms with Crippen molar-refractivity contribution in [3.05, 3.63) is 53.4 Å². The normalized spacial score (nSPS) is 30.2. The Kier molecular flexibility index (Phi) is 6.54. The van der Waals surface area contributed by atoms with Gasteiger partial charge in [0.1, 0.15) is 17.7 Å². The number of amides is 1. The molecule has 0 spiro atoms. The maximum absolute atomic E-state index is 13.5. The number of hydrogen-bond acceptors (Lipinski definition) is 5. The van der Waals surface area contributed by atoms with Crippen molar-refractivity contribution in [3.8, 4) is 5.75 Å². The molecule has 0 aromatic heterocycles. The number of piperidine rings is 1. The van der Waals surface area contributed by atoms with E-state index in [1.807, 2.05) is 31.3 Å². The summed E-state index contributed by atoms with van der Waals surface area (Å²) >= 11 is 0. The number of halogens is 1. The van der Waals surface area contributed by atoms with Crippen LogP contribution in [0.3, 0.4) is 0 Å². The van der Waals surface area contributed by atoms with Crippen molar-refractivity contribution in [1.82, 2.24) is 15.3 Å². The van der Waals surface area contributed by atoms with E-state index in [4.69, 9.17) is 9.57 Å². The number of hydroxylamine groups is 1. The first kappa shape index (κ1) is 22.6. The van der Waals surface area contributed by atoms with Gasteiger partial charge in [0.25, 0.3) is 5.91 Å². The zero-order valence-corrected chi connectivity index (χ0v) is 19.5. The van der Waals surface area contributed by atoms with Gasteiger partial charge in [-0.1, -0.05) is 19.1 Å². The molecule has 3 aliphatic heterocycles. The first-order chi connectivity index (χ1) is 16.0. The number of carbonyl (C=O) groups is 1. The molecule has 4 aliphatic rings. The Bertz CT molecular complexity index is 941. The summed E-state index contributed by atoms with van der Waals surface area (Å²) in [5, 5.41) is 0. The second kappa shape index (κ2) is 9.57. The first-order valence-electron chi connectivity index (χ1n) is 12.2. The summed E-state index contributed by atoms with van der Waals surface area (Å²) < 4.78 is 19.4. The molecule has 4 unspecified atom stereocenters. The number of ether oxygens (including phenoxy) is 1. The number of nitrogens with one attached hydrogen (secondary N) is 1.